The number of hydrogen-bond acceptors (Lipinski definition) is 3. The summed E-state index contributed by atoms with van der Waals surface area (Å²) in [5.41, 5.74) is -0.625. The molecule has 0 aliphatic carbocycles. The zero-order valence-electron chi connectivity index (χ0n) is 12.1. The maximum Gasteiger partial charge on any atom is 0.416 e. The van der Waals surface area contributed by atoms with E-state index in [1.807, 2.05) is 6.92 Å². The Labute approximate surface area is 126 Å². The van der Waals surface area contributed by atoms with Crippen LogP contribution >= 0.6 is 0 Å². The second-order valence-electron chi connectivity index (χ2n) is 4.45. The van der Waals surface area contributed by atoms with E-state index >= 15 is 0 Å². The summed E-state index contributed by atoms with van der Waals surface area (Å²) in [7, 11) is 0. The Bertz CT molecular complexity index is 550. The van der Waals surface area contributed by atoms with Gasteiger partial charge in [-0.25, -0.2) is 4.79 Å². The van der Waals surface area contributed by atoms with E-state index < -0.39 is 29.7 Å². The summed E-state index contributed by atoms with van der Waals surface area (Å²) in [6.45, 7) is 3.21. The Kier molecular flexibility index (Phi) is 6.15. The van der Waals surface area contributed by atoms with Crippen molar-refractivity contribution in [3.63, 3.8) is 0 Å². The van der Waals surface area contributed by atoms with Crippen LogP contribution in [0.3, 0.4) is 0 Å². The van der Waals surface area contributed by atoms with Crippen LogP contribution in [0, 0.1) is 0 Å². The minimum Gasteiger partial charge on any atom is -0.449 e. The molecule has 0 aromatic heterocycles. The highest BCUT2D eigenvalue weighted by molar-refractivity contribution is 5.95. The second kappa shape index (κ2) is 7.63. The monoisotopic (exact) mass is 315 g/mol. The molecular formula is C15H16F3NO3. The third-order valence-electron chi connectivity index (χ3n) is 2.63. The molecule has 1 aromatic rings. The summed E-state index contributed by atoms with van der Waals surface area (Å²) in [6.07, 6.45) is -2.04. The van der Waals surface area contributed by atoms with Crippen LogP contribution < -0.4 is 5.32 Å². The van der Waals surface area contributed by atoms with Gasteiger partial charge in [0.15, 0.2) is 6.10 Å². The first-order valence-electron chi connectivity index (χ1n) is 6.59. The van der Waals surface area contributed by atoms with Crippen LogP contribution in [-0.2, 0) is 20.5 Å². The Hall–Kier alpha value is -2.31. The number of carbonyl (C=O) groups is 2. The van der Waals surface area contributed by atoms with Crippen LogP contribution in [0.2, 0.25) is 0 Å². The van der Waals surface area contributed by atoms with E-state index in [1.54, 1.807) is 6.08 Å². The smallest absolute Gasteiger partial charge is 0.416 e. The van der Waals surface area contributed by atoms with Crippen molar-refractivity contribution in [2.24, 2.45) is 0 Å². The van der Waals surface area contributed by atoms with E-state index in [2.05, 4.69) is 5.32 Å². The summed E-state index contributed by atoms with van der Waals surface area (Å²) in [5, 5.41) is 2.37. The highest BCUT2D eigenvalue weighted by atomic mass is 19.4. The zero-order valence-corrected chi connectivity index (χ0v) is 12.1. The van der Waals surface area contributed by atoms with Gasteiger partial charge in [-0.1, -0.05) is 13.0 Å². The lowest BCUT2D eigenvalue weighted by Gasteiger charge is -2.13. The Morgan fingerprint density at radius 2 is 1.86 bits per heavy atom. The first-order valence-corrected chi connectivity index (χ1v) is 6.59. The number of alkyl halides is 3. The molecule has 0 aliphatic rings. The highest BCUT2D eigenvalue weighted by Crippen LogP contribution is 2.29. The largest absolute Gasteiger partial charge is 0.449 e. The maximum absolute atomic E-state index is 12.4. The molecule has 0 bridgehead atoms. The number of carbonyl (C=O) groups excluding carboxylic acids is 2. The van der Waals surface area contributed by atoms with Gasteiger partial charge in [0.05, 0.1) is 5.56 Å². The number of rotatable bonds is 5. The van der Waals surface area contributed by atoms with E-state index in [9.17, 15) is 22.8 Å². The van der Waals surface area contributed by atoms with Gasteiger partial charge >= 0.3 is 12.1 Å². The normalized spacial score (nSPS) is 13.0. The van der Waals surface area contributed by atoms with E-state index in [4.69, 9.17) is 4.74 Å². The molecule has 0 unspecified atom stereocenters. The highest BCUT2D eigenvalue weighted by Gasteiger charge is 2.30. The van der Waals surface area contributed by atoms with Crippen LogP contribution in [0.15, 0.2) is 36.4 Å². The predicted molar refractivity (Wildman–Crippen MR) is 75.1 cm³/mol. The SMILES string of the molecule is CC/C=C/C(=O)O[C@H](C)C(=O)Nc1ccc(C(F)(F)F)cc1. The van der Waals surface area contributed by atoms with Crippen molar-refractivity contribution in [1.29, 1.82) is 0 Å². The first kappa shape index (κ1) is 17.7. The van der Waals surface area contributed by atoms with Crippen LogP contribution in [0.1, 0.15) is 25.8 Å². The molecule has 1 amide bonds. The maximum atomic E-state index is 12.4. The van der Waals surface area contributed by atoms with Gasteiger partial charge < -0.3 is 10.1 Å². The third kappa shape index (κ3) is 5.59. The number of esters is 1. The van der Waals surface area contributed by atoms with Gasteiger partial charge in [-0.05, 0) is 37.6 Å². The molecule has 7 heteroatoms. The number of hydrogen-bond donors (Lipinski definition) is 1. The van der Waals surface area contributed by atoms with Crippen molar-refractivity contribution in [2.45, 2.75) is 32.5 Å². The minimum absolute atomic E-state index is 0.185. The number of ether oxygens (including phenoxy) is 1. The first-order chi connectivity index (χ1) is 10.2. The number of amides is 1. The lowest BCUT2D eigenvalue weighted by Crippen LogP contribution is -2.29. The van der Waals surface area contributed by atoms with E-state index in [1.165, 1.54) is 13.0 Å². The van der Waals surface area contributed by atoms with Gasteiger partial charge in [0.25, 0.3) is 5.91 Å². The molecule has 0 spiro atoms. The van der Waals surface area contributed by atoms with Crippen LogP contribution in [-0.4, -0.2) is 18.0 Å². The summed E-state index contributed by atoms with van der Waals surface area (Å²) in [5.74, 6) is -1.28. The fraction of sp³-hybridized carbons (Fsp3) is 0.333. The van der Waals surface area contributed by atoms with E-state index in [-0.39, 0.29) is 5.69 Å². The fourth-order valence-electron chi connectivity index (χ4n) is 1.47. The average Bonchev–Trinajstić information content (AvgIpc) is 2.44. The molecule has 1 aromatic carbocycles. The lowest BCUT2D eigenvalue weighted by atomic mass is 10.2. The van der Waals surface area contributed by atoms with Crippen molar-refractivity contribution in [3.05, 3.63) is 42.0 Å². The Morgan fingerprint density at radius 3 is 2.36 bits per heavy atom. The van der Waals surface area contributed by atoms with Gasteiger partial charge in [-0.15, -0.1) is 0 Å². The van der Waals surface area contributed by atoms with Gasteiger partial charge in [-0.3, -0.25) is 4.79 Å². The van der Waals surface area contributed by atoms with Gasteiger partial charge in [-0.2, -0.15) is 13.2 Å². The molecule has 0 fully saturated rings. The van der Waals surface area contributed by atoms with Crippen molar-refractivity contribution in [1.82, 2.24) is 0 Å². The summed E-state index contributed by atoms with van der Waals surface area (Å²) < 4.78 is 42.1. The molecule has 0 saturated carbocycles. The molecule has 120 valence electrons. The van der Waals surface area contributed by atoms with Crippen molar-refractivity contribution < 1.29 is 27.5 Å². The standard InChI is InChI=1S/C15H16F3NO3/c1-3-4-5-13(20)22-10(2)14(21)19-12-8-6-11(7-9-12)15(16,17)18/h4-10H,3H2,1-2H3,(H,19,21)/b5-4+/t10-/m1/s1. The summed E-state index contributed by atoms with van der Waals surface area (Å²) >= 11 is 0. The molecule has 0 radical (unpaired) electrons. The molecule has 22 heavy (non-hydrogen) atoms. The van der Waals surface area contributed by atoms with Crippen molar-refractivity contribution in [2.75, 3.05) is 5.32 Å². The fourth-order valence-corrected chi connectivity index (χ4v) is 1.47. The molecule has 0 saturated heterocycles. The lowest BCUT2D eigenvalue weighted by molar-refractivity contribution is -0.148. The molecule has 1 N–H and O–H groups in total. The number of halogens is 3. The average molecular weight is 315 g/mol. The molecule has 1 atom stereocenters. The Morgan fingerprint density at radius 1 is 1.27 bits per heavy atom. The molecule has 1 rings (SSSR count). The Balaban J connectivity index is 2.61. The number of allylic oxidation sites excluding steroid dienone is 1. The summed E-state index contributed by atoms with van der Waals surface area (Å²) in [6, 6.07) is 3.98. The number of anilines is 1. The number of nitrogens with one attached hydrogen (secondary N) is 1. The quantitative estimate of drug-likeness (QED) is 0.668. The van der Waals surface area contributed by atoms with Gasteiger partial charge in [0.2, 0.25) is 0 Å². The molecule has 0 aliphatic heterocycles. The molecule has 0 heterocycles. The minimum atomic E-state index is -4.43. The van der Waals surface area contributed by atoms with E-state index in [0.717, 1.165) is 24.3 Å². The predicted octanol–water partition coefficient (Wildman–Crippen LogP) is 3.54. The zero-order chi connectivity index (χ0) is 16.8. The topological polar surface area (TPSA) is 55.4 Å². The van der Waals surface area contributed by atoms with Crippen LogP contribution in [0.5, 0.6) is 0 Å². The van der Waals surface area contributed by atoms with E-state index in [0.29, 0.717) is 6.42 Å². The summed E-state index contributed by atoms with van der Waals surface area (Å²) in [4.78, 5) is 23.1. The molecular weight excluding hydrogens is 299 g/mol. The second-order valence-corrected chi connectivity index (χ2v) is 4.45. The molecule has 4 nitrogen and oxygen atoms in total. The van der Waals surface area contributed by atoms with Crippen molar-refractivity contribution >= 4 is 17.6 Å². The van der Waals surface area contributed by atoms with Crippen molar-refractivity contribution in [3.8, 4) is 0 Å². The van der Waals surface area contributed by atoms with Crippen LogP contribution in [0.25, 0.3) is 0 Å². The number of benzene rings is 1. The van der Waals surface area contributed by atoms with Gasteiger partial charge in [0, 0.05) is 11.8 Å². The third-order valence-corrected chi connectivity index (χ3v) is 2.63. The van der Waals surface area contributed by atoms with Crippen LogP contribution in [0.4, 0.5) is 18.9 Å². The van der Waals surface area contributed by atoms with Gasteiger partial charge in [0.1, 0.15) is 0 Å².